The first kappa shape index (κ1) is 15.0. The van der Waals surface area contributed by atoms with Crippen LogP contribution in [-0.4, -0.2) is 56.2 Å². The second kappa shape index (κ2) is 6.87. The first-order valence-electron chi connectivity index (χ1n) is 6.85. The minimum absolute atomic E-state index is 0.0640. The van der Waals surface area contributed by atoms with Crippen molar-refractivity contribution in [3.63, 3.8) is 0 Å². The van der Waals surface area contributed by atoms with Crippen LogP contribution in [0.1, 0.15) is 18.5 Å². The first-order chi connectivity index (χ1) is 9.56. The quantitative estimate of drug-likeness (QED) is 0.515. The minimum Gasteiger partial charge on any atom is -0.481 e. The van der Waals surface area contributed by atoms with Crippen molar-refractivity contribution in [1.29, 1.82) is 0 Å². The summed E-state index contributed by atoms with van der Waals surface area (Å²) in [7, 11) is -1.30. The molecule has 0 spiro atoms. The first-order valence-corrected chi connectivity index (χ1v) is 6.85. The Morgan fingerprint density at radius 2 is 2.30 bits per heavy atom. The molecule has 8 heteroatoms. The largest absolute Gasteiger partial charge is 0.481 e. The molecule has 7 nitrogen and oxygen atoms in total. The maximum Gasteiger partial charge on any atom is 0.451 e. The van der Waals surface area contributed by atoms with Gasteiger partial charge in [-0.1, -0.05) is 6.42 Å². The van der Waals surface area contributed by atoms with E-state index in [1.807, 2.05) is 0 Å². The number of imidazole rings is 1. The summed E-state index contributed by atoms with van der Waals surface area (Å²) in [4.78, 5) is 20.4. The van der Waals surface area contributed by atoms with E-state index >= 15 is 0 Å². The molecule has 2 rings (SSSR count). The fourth-order valence-corrected chi connectivity index (χ4v) is 2.84. The number of hydrogen-bond donors (Lipinski definition) is 4. The highest BCUT2D eigenvalue weighted by Gasteiger charge is 2.37. The van der Waals surface area contributed by atoms with Crippen LogP contribution in [0.5, 0.6) is 0 Å². The standard InChI is InChI=1S/C12H20BN3O4/c17-12(18)11-7-16(6-10-4-14-8-15-10)5-9(11)2-1-3-13(19)20/h4,8-9,11,19-20H,1-3,5-7H2,(H,14,15)(H,17,18)/t9-,11+/m0/s1. The van der Waals surface area contributed by atoms with Crippen LogP contribution in [-0.2, 0) is 11.3 Å². The number of rotatable bonds is 7. The maximum absolute atomic E-state index is 11.3. The van der Waals surface area contributed by atoms with Gasteiger partial charge in [0.25, 0.3) is 0 Å². The smallest absolute Gasteiger partial charge is 0.451 e. The molecule has 0 saturated carbocycles. The van der Waals surface area contributed by atoms with E-state index in [4.69, 9.17) is 10.0 Å². The second-order valence-electron chi connectivity index (χ2n) is 5.39. The molecule has 1 aliphatic rings. The molecule has 0 bridgehead atoms. The van der Waals surface area contributed by atoms with Gasteiger partial charge < -0.3 is 20.1 Å². The molecular formula is C12H20BN3O4. The van der Waals surface area contributed by atoms with Gasteiger partial charge in [0.2, 0.25) is 0 Å². The van der Waals surface area contributed by atoms with Gasteiger partial charge in [0.1, 0.15) is 0 Å². The zero-order valence-corrected chi connectivity index (χ0v) is 11.3. The van der Waals surface area contributed by atoms with Crippen LogP contribution >= 0.6 is 0 Å². The summed E-state index contributed by atoms with van der Waals surface area (Å²) in [6, 6.07) is 0. The summed E-state index contributed by atoms with van der Waals surface area (Å²) < 4.78 is 0. The fourth-order valence-electron chi connectivity index (χ4n) is 2.84. The molecule has 20 heavy (non-hydrogen) atoms. The van der Waals surface area contributed by atoms with Gasteiger partial charge in [-0.2, -0.15) is 0 Å². The SMILES string of the molecule is O=C(O)[C@@H]1CN(Cc2cnc[nH]2)C[C@@H]1CCCB(O)O. The molecule has 4 N–H and O–H groups in total. The molecule has 1 aromatic heterocycles. The van der Waals surface area contributed by atoms with Crippen molar-refractivity contribution in [2.45, 2.75) is 25.7 Å². The number of aromatic nitrogens is 2. The van der Waals surface area contributed by atoms with Crippen molar-refractivity contribution >= 4 is 13.1 Å². The van der Waals surface area contributed by atoms with Gasteiger partial charge in [0.15, 0.2) is 0 Å². The Morgan fingerprint density at radius 1 is 1.50 bits per heavy atom. The number of hydrogen-bond acceptors (Lipinski definition) is 5. The highest BCUT2D eigenvalue weighted by Crippen LogP contribution is 2.29. The summed E-state index contributed by atoms with van der Waals surface area (Å²) in [5, 5.41) is 27.0. The molecule has 0 aliphatic carbocycles. The van der Waals surface area contributed by atoms with Crippen LogP contribution in [0.25, 0.3) is 0 Å². The monoisotopic (exact) mass is 281 g/mol. The molecule has 2 heterocycles. The van der Waals surface area contributed by atoms with Crippen molar-refractivity contribution < 1.29 is 19.9 Å². The molecule has 1 fully saturated rings. The van der Waals surface area contributed by atoms with Gasteiger partial charge in [0, 0.05) is 31.5 Å². The van der Waals surface area contributed by atoms with Gasteiger partial charge in [-0.25, -0.2) is 4.98 Å². The molecule has 1 saturated heterocycles. The van der Waals surface area contributed by atoms with Crippen molar-refractivity contribution in [2.75, 3.05) is 13.1 Å². The number of aromatic amines is 1. The van der Waals surface area contributed by atoms with E-state index in [1.54, 1.807) is 12.5 Å². The number of nitrogens with one attached hydrogen (secondary N) is 1. The highest BCUT2D eigenvalue weighted by molar-refractivity contribution is 6.40. The number of carbonyl (C=O) groups is 1. The predicted octanol–water partition coefficient (Wildman–Crippen LogP) is -0.205. The lowest BCUT2D eigenvalue weighted by Crippen LogP contribution is -2.23. The van der Waals surface area contributed by atoms with Crippen molar-refractivity contribution in [3.05, 3.63) is 18.2 Å². The van der Waals surface area contributed by atoms with Crippen LogP contribution in [0.15, 0.2) is 12.5 Å². The molecule has 1 aliphatic heterocycles. The Bertz CT molecular complexity index is 426. The van der Waals surface area contributed by atoms with Crippen LogP contribution < -0.4 is 0 Å². The third-order valence-corrected chi connectivity index (χ3v) is 3.82. The number of carboxylic acid groups (broad SMARTS) is 1. The third kappa shape index (κ3) is 4.06. The van der Waals surface area contributed by atoms with Crippen LogP contribution in [0, 0.1) is 11.8 Å². The number of H-pyrrole nitrogens is 1. The van der Waals surface area contributed by atoms with Crippen molar-refractivity contribution in [2.24, 2.45) is 11.8 Å². The predicted molar refractivity (Wildman–Crippen MR) is 72.7 cm³/mol. The van der Waals surface area contributed by atoms with E-state index in [0.29, 0.717) is 32.3 Å². The van der Waals surface area contributed by atoms with Gasteiger partial charge in [-0.05, 0) is 18.7 Å². The molecule has 0 aromatic carbocycles. The average molecular weight is 281 g/mol. The normalized spacial score (nSPS) is 23.1. The Labute approximate surface area is 117 Å². The maximum atomic E-state index is 11.3. The second-order valence-corrected chi connectivity index (χ2v) is 5.39. The lowest BCUT2D eigenvalue weighted by Gasteiger charge is -2.14. The zero-order chi connectivity index (χ0) is 14.5. The summed E-state index contributed by atoms with van der Waals surface area (Å²) >= 11 is 0. The topological polar surface area (TPSA) is 110 Å². The van der Waals surface area contributed by atoms with Crippen LogP contribution in [0.4, 0.5) is 0 Å². The van der Waals surface area contributed by atoms with E-state index in [1.165, 1.54) is 0 Å². The number of likely N-dealkylation sites (tertiary alicyclic amines) is 1. The third-order valence-electron chi connectivity index (χ3n) is 3.82. The molecule has 0 radical (unpaired) electrons. The van der Waals surface area contributed by atoms with Gasteiger partial charge >= 0.3 is 13.1 Å². The van der Waals surface area contributed by atoms with Crippen molar-refractivity contribution in [1.82, 2.24) is 14.9 Å². The summed E-state index contributed by atoms with van der Waals surface area (Å²) in [5.41, 5.74) is 0.973. The summed E-state index contributed by atoms with van der Waals surface area (Å²) in [6.45, 7) is 1.92. The molecular weight excluding hydrogens is 261 g/mol. The summed E-state index contributed by atoms with van der Waals surface area (Å²) in [6.07, 6.45) is 4.98. The minimum atomic E-state index is -1.30. The average Bonchev–Trinajstić information content (AvgIpc) is 2.99. The van der Waals surface area contributed by atoms with Gasteiger partial charge in [-0.3, -0.25) is 9.69 Å². The van der Waals surface area contributed by atoms with E-state index in [2.05, 4.69) is 14.9 Å². The Balaban J connectivity index is 1.87. The number of aliphatic carboxylic acids is 1. The molecule has 1 aromatic rings. The van der Waals surface area contributed by atoms with E-state index in [-0.39, 0.29) is 11.8 Å². The summed E-state index contributed by atoms with van der Waals surface area (Å²) in [5.74, 6) is -1.09. The fraction of sp³-hybridized carbons (Fsp3) is 0.667. The Hall–Kier alpha value is -1.38. The molecule has 0 amide bonds. The van der Waals surface area contributed by atoms with Gasteiger partial charge in [-0.15, -0.1) is 0 Å². The number of carboxylic acids is 1. The van der Waals surface area contributed by atoms with Crippen molar-refractivity contribution in [3.8, 4) is 0 Å². The van der Waals surface area contributed by atoms with Gasteiger partial charge in [0.05, 0.1) is 12.2 Å². The molecule has 0 unspecified atom stereocenters. The lowest BCUT2D eigenvalue weighted by atomic mass is 9.80. The zero-order valence-electron chi connectivity index (χ0n) is 11.3. The Morgan fingerprint density at radius 3 is 2.90 bits per heavy atom. The molecule has 110 valence electrons. The lowest BCUT2D eigenvalue weighted by molar-refractivity contribution is -0.142. The highest BCUT2D eigenvalue weighted by atomic mass is 16.4. The van der Waals surface area contributed by atoms with Crippen LogP contribution in [0.2, 0.25) is 6.32 Å². The molecule has 2 atom stereocenters. The van der Waals surface area contributed by atoms with E-state index in [9.17, 15) is 9.90 Å². The van der Waals surface area contributed by atoms with Crippen LogP contribution in [0.3, 0.4) is 0 Å². The Kier molecular flexibility index (Phi) is 5.16. The van der Waals surface area contributed by atoms with E-state index in [0.717, 1.165) is 12.2 Å². The number of nitrogens with zero attached hydrogens (tertiary/aromatic N) is 2. The van der Waals surface area contributed by atoms with E-state index < -0.39 is 13.1 Å².